The summed E-state index contributed by atoms with van der Waals surface area (Å²) in [5, 5.41) is 6.56. The summed E-state index contributed by atoms with van der Waals surface area (Å²) < 4.78 is 13.3. The molecule has 27 heavy (non-hydrogen) atoms. The van der Waals surface area contributed by atoms with Gasteiger partial charge in [0.2, 0.25) is 5.91 Å². The van der Waals surface area contributed by atoms with Gasteiger partial charge in [0, 0.05) is 41.7 Å². The van der Waals surface area contributed by atoms with Gasteiger partial charge < -0.3 is 15.1 Å². The molecule has 144 valence electrons. The first-order chi connectivity index (χ1) is 12.8. The lowest BCUT2D eigenvalue weighted by molar-refractivity contribution is -0.125. The highest BCUT2D eigenvalue weighted by molar-refractivity contribution is 7.13. The highest BCUT2D eigenvalue weighted by atomic mass is 32.1. The van der Waals surface area contributed by atoms with Crippen molar-refractivity contribution in [2.45, 2.75) is 45.8 Å². The minimum atomic E-state index is -0.535. The SMILES string of the molecule is CC(C)(C)C(=O)N(Cc1csc(N2C[C@H]3C[C@@H]2CN3)n1)c1ccc(F)cc1. The largest absolute Gasteiger partial charge is 0.342 e. The van der Waals surface area contributed by atoms with Crippen molar-refractivity contribution in [3.63, 3.8) is 0 Å². The molecular formula is C20H25FN4OS. The van der Waals surface area contributed by atoms with Crippen molar-refractivity contribution in [2.24, 2.45) is 5.41 Å². The molecule has 2 aliphatic rings. The van der Waals surface area contributed by atoms with Crippen molar-refractivity contribution >= 4 is 28.1 Å². The van der Waals surface area contributed by atoms with Gasteiger partial charge in [-0.05, 0) is 30.7 Å². The van der Waals surface area contributed by atoms with E-state index in [2.05, 4.69) is 10.2 Å². The Morgan fingerprint density at radius 2 is 2.11 bits per heavy atom. The third kappa shape index (κ3) is 3.71. The number of hydrogen-bond donors (Lipinski definition) is 1. The summed E-state index contributed by atoms with van der Waals surface area (Å²) in [6, 6.07) is 7.17. The number of fused-ring (bicyclic) bond motifs is 2. The lowest BCUT2D eigenvalue weighted by atomic mass is 9.94. The fraction of sp³-hybridized carbons (Fsp3) is 0.500. The average molecular weight is 389 g/mol. The first-order valence-corrected chi connectivity index (χ1v) is 10.2. The average Bonchev–Trinajstić information content (AvgIpc) is 3.35. The second kappa shape index (κ2) is 6.87. The molecule has 2 aliphatic heterocycles. The molecule has 5 nitrogen and oxygen atoms in total. The maximum absolute atomic E-state index is 13.3. The molecule has 0 aliphatic carbocycles. The van der Waals surface area contributed by atoms with E-state index in [-0.39, 0.29) is 11.7 Å². The molecule has 0 spiro atoms. The monoisotopic (exact) mass is 388 g/mol. The van der Waals surface area contributed by atoms with Crippen LogP contribution in [0.15, 0.2) is 29.6 Å². The van der Waals surface area contributed by atoms with E-state index in [1.54, 1.807) is 28.4 Å². The Morgan fingerprint density at radius 1 is 1.37 bits per heavy atom. The molecule has 0 radical (unpaired) electrons. The number of nitrogens with one attached hydrogen (secondary N) is 1. The Hall–Kier alpha value is -1.99. The van der Waals surface area contributed by atoms with Gasteiger partial charge in [-0.3, -0.25) is 4.79 Å². The van der Waals surface area contributed by atoms with Crippen molar-refractivity contribution in [1.29, 1.82) is 0 Å². The highest BCUT2D eigenvalue weighted by Gasteiger charge is 2.39. The van der Waals surface area contributed by atoms with E-state index >= 15 is 0 Å². The van der Waals surface area contributed by atoms with E-state index < -0.39 is 5.41 Å². The fourth-order valence-corrected chi connectivity index (χ4v) is 4.66. The van der Waals surface area contributed by atoms with Crippen LogP contribution in [-0.4, -0.2) is 36.1 Å². The van der Waals surface area contributed by atoms with Crippen LogP contribution in [0.5, 0.6) is 0 Å². The van der Waals surface area contributed by atoms with Crippen LogP contribution in [-0.2, 0) is 11.3 Å². The van der Waals surface area contributed by atoms with E-state index in [1.165, 1.54) is 18.6 Å². The van der Waals surface area contributed by atoms with Gasteiger partial charge in [0.25, 0.3) is 0 Å². The van der Waals surface area contributed by atoms with Gasteiger partial charge in [0.1, 0.15) is 5.82 Å². The van der Waals surface area contributed by atoms with Crippen LogP contribution >= 0.6 is 11.3 Å². The molecule has 3 heterocycles. The molecule has 2 atom stereocenters. The number of nitrogens with zero attached hydrogens (tertiary/aromatic N) is 3. The Kier molecular flexibility index (Phi) is 4.68. The van der Waals surface area contributed by atoms with Crippen molar-refractivity contribution in [1.82, 2.24) is 10.3 Å². The lowest BCUT2D eigenvalue weighted by Gasteiger charge is -2.29. The molecular weight excluding hydrogens is 363 g/mol. The maximum Gasteiger partial charge on any atom is 0.232 e. The molecule has 2 bridgehead atoms. The summed E-state index contributed by atoms with van der Waals surface area (Å²) >= 11 is 1.63. The number of amides is 1. The summed E-state index contributed by atoms with van der Waals surface area (Å²) in [7, 11) is 0. The number of anilines is 2. The predicted octanol–water partition coefficient (Wildman–Crippen LogP) is 3.41. The zero-order valence-corrected chi connectivity index (χ0v) is 16.7. The van der Waals surface area contributed by atoms with E-state index in [9.17, 15) is 9.18 Å². The number of piperazine rings is 1. The number of halogens is 1. The molecule has 1 aromatic carbocycles. The Morgan fingerprint density at radius 3 is 2.70 bits per heavy atom. The Labute approximate surface area is 163 Å². The van der Waals surface area contributed by atoms with Crippen LogP contribution in [0.1, 0.15) is 32.9 Å². The summed E-state index contributed by atoms with van der Waals surface area (Å²) in [5.74, 6) is -0.316. The lowest BCUT2D eigenvalue weighted by Crippen LogP contribution is -2.43. The number of rotatable bonds is 4. The van der Waals surface area contributed by atoms with Crippen LogP contribution in [0.25, 0.3) is 0 Å². The van der Waals surface area contributed by atoms with Gasteiger partial charge in [-0.2, -0.15) is 0 Å². The van der Waals surface area contributed by atoms with Gasteiger partial charge in [0.05, 0.1) is 12.2 Å². The predicted molar refractivity (Wildman–Crippen MR) is 107 cm³/mol. The molecule has 1 N–H and O–H groups in total. The summed E-state index contributed by atoms with van der Waals surface area (Å²) in [6.45, 7) is 8.09. The van der Waals surface area contributed by atoms with Crippen molar-refractivity contribution in [3.05, 3.63) is 41.2 Å². The highest BCUT2D eigenvalue weighted by Crippen LogP contribution is 2.33. The van der Waals surface area contributed by atoms with Crippen LogP contribution in [0.3, 0.4) is 0 Å². The summed E-state index contributed by atoms with van der Waals surface area (Å²) in [5.41, 5.74) is 1.02. The minimum absolute atomic E-state index is 0.00640. The maximum atomic E-state index is 13.3. The quantitative estimate of drug-likeness (QED) is 0.872. The fourth-order valence-electron chi connectivity index (χ4n) is 3.76. The van der Waals surface area contributed by atoms with Crippen molar-refractivity contribution in [3.8, 4) is 0 Å². The molecule has 2 saturated heterocycles. The molecule has 2 fully saturated rings. The second-order valence-corrected chi connectivity index (χ2v) is 9.22. The van der Waals surface area contributed by atoms with Crippen LogP contribution in [0.2, 0.25) is 0 Å². The van der Waals surface area contributed by atoms with Crippen LogP contribution < -0.4 is 15.1 Å². The first-order valence-electron chi connectivity index (χ1n) is 9.33. The normalized spacial score (nSPS) is 21.7. The molecule has 4 rings (SSSR count). The molecule has 1 amide bonds. The topological polar surface area (TPSA) is 48.5 Å². The minimum Gasteiger partial charge on any atom is -0.342 e. The van der Waals surface area contributed by atoms with Gasteiger partial charge in [-0.25, -0.2) is 9.37 Å². The number of thiazole rings is 1. The molecule has 7 heteroatoms. The number of hydrogen-bond acceptors (Lipinski definition) is 5. The van der Waals surface area contributed by atoms with Gasteiger partial charge in [-0.1, -0.05) is 20.8 Å². The zero-order chi connectivity index (χ0) is 19.2. The summed E-state index contributed by atoms with van der Waals surface area (Å²) in [6.07, 6.45) is 1.18. The number of benzene rings is 1. The first kappa shape index (κ1) is 18.4. The van der Waals surface area contributed by atoms with Crippen molar-refractivity contribution in [2.75, 3.05) is 22.9 Å². The smallest absolute Gasteiger partial charge is 0.232 e. The Bertz CT molecular complexity index is 829. The van der Waals surface area contributed by atoms with Gasteiger partial charge >= 0.3 is 0 Å². The number of carbonyl (C=O) groups is 1. The zero-order valence-electron chi connectivity index (χ0n) is 15.9. The van der Waals surface area contributed by atoms with E-state index in [0.29, 0.717) is 24.3 Å². The second-order valence-electron chi connectivity index (χ2n) is 8.39. The third-order valence-electron chi connectivity index (χ3n) is 5.19. The van der Waals surface area contributed by atoms with Crippen LogP contribution in [0, 0.1) is 11.2 Å². The molecule has 1 aromatic heterocycles. The van der Waals surface area contributed by atoms with E-state index in [1.807, 2.05) is 26.2 Å². The van der Waals surface area contributed by atoms with Gasteiger partial charge in [0.15, 0.2) is 5.13 Å². The van der Waals surface area contributed by atoms with Gasteiger partial charge in [-0.15, -0.1) is 11.3 Å². The van der Waals surface area contributed by atoms with Crippen molar-refractivity contribution < 1.29 is 9.18 Å². The molecule has 2 aromatic rings. The molecule has 0 unspecified atom stereocenters. The number of carbonyl (C=O) groups excluding carboxylic acids is 1. The number of aromatic nitrogens is 1. The van der Waals surface area contributed by atoms with E-state index in [0.717, 1.165) is 23.9 Å². The van der Waals surface area contributed by atoms with E-state index in [4.69, 9.17) is 4.98 Å². The Balaban J connectivity index is 1.56. The molecule has 0 saturated carbocycles. The summed E-state index contributed by atoms with van der Waals surface area (Å²) in [4.78, 5) is 21.9. The standard InChI is InChI=1S/C20H25FN4OS/c1-20(2,3)18(26)24(16-6-4-13(21)5-7-16)11-15-12-27-19(23-15)25-10-14-8-17(25)9-22-14/h4-7,12,14,17,22H,8-11H2,1-3H3/t14-,17-/m1/s1. The van der Waals surface area contributed by atoms with Crippen LogP contribution in [0.4, 0.5) is 15.2 Å². The third-order valence-corrected chi connectivity index (χ3v) is 6.11.